The highest BCUT2D eigenvalue weighted by Crippen LogP contribution is 2.29. The fourth-order valence-electron chi connectivity index (χ4n) is 2.37. The molecule has 0 bridgehead atoms. The summed E-state index contributed by atoms with van der Waals surface area (Å²) in [6, 6.07) is 16.4. The number of rotatable bonds is 5. The van der Waals surface area contributed by atoms with Gasteiger partial charge in [-0.05, 0) is 48.5 Å². The zero-order valence-corrected chi connectivity index (χ0v) is 15.5. The van der Waals surface area contributed by atoms with Crippen molar-refractivity contribution in [1.29, 1.82) is 0 Å². The molecule has 0 aliphatic carbocycles. The van der Waals surface area contributed by atoms with E-state index in [1.165, 1.54) is 12.1 Å². The minimum absolute atomic E-state index is 0.0237. The minimum Gasteiger partial charge on any atom is -0.451 e. The monoisotopic (exact) mass is 389 g/mol. The van der Waals surface area contributed by atoms with E-state index in [0.717, 1.165) is 0 Å². The van der Waals surface area contributed by atoms with Gasteiger partial charge in [0.05, 0.1) is 15.7 Å². The van der Waals surface area contributed by atoms with E-state index in [2.05, 4.69) is 5.32 Å². The lowest BCUT2D eigenvalue weighted by atomic mass is 10.2. The van der Waals surface area contributed by atoms with Crippen molar-refractivity contribution in [2.45, 2.75) is 11.8 Å². The number of benzene rings is 2. The van der Waals surface area contributed by atoms with Gasteiger partial charge < -0.3 is 9.73 Å². The Balaban J connectivity index is 1.76. The molecule has 1 amide bonds. The zero-order valence-electron chi connectivity index (χ0n) is 13.9. The van der Waals surface area contributed by atoms with E-state index < -0.39 is 15.7 Å². The molecule has 0 radical (unpaired) electrons. The molecule has 1 aromatic heterocycles. The van der Waals surface area contributed by atoms with E-state index in [-0.39, 0.29) is 16.4 Å². The Bertz CT molecular complexity index is 1040. The lowest BCUT2D eigenvalue weighted by molar-refractivity contribution is 0.0997. The largest absolute Gasteiger partial charge is 0.451 e. The van der Waals surface area contributed by atoms with Gasteiger partial charge in [0.2, 0.25) is 0 Å². The van der Waals surface area contributed by atoms with Crippen LogP contribution in [0.5, 0.6) is 0 Å². The molecule has 0 aliphatic heterocycles. The molecular formula is C19H16ClNO4S. The van der Waals surface area contributed by atoms with Crippen molar-refractivity contribution < 1.29 is 17.6 Å². The fourth-order valence-corrected chi connectivity index (χ4v) is 3.48. The standard InChI is InChI=1S/C19H16ClNO4S/c1-2-26(23,24)14-9-7-13(8-10-14)21-19(22)18-12-11-17(25-18)15-5-3-4-6-16(15)20/h3-12H,2H2,1H3,(H,21,22). The summed E-state index contributed by atoms with van der Waals surface area (Å²) in [5.74, 6) is 0.209. The Morgan fingerprint density at radius 2 is 1.73 bits per heavy atom. The second kappa shape index (κ2) is 7.35. The number of halogens is 1. The Hall–Kier alpha value is -2.57. The Labute approximate surface area is 156 Å². The van der Waals surface area contributed by atoms with E-state index in [1.807, 2.05) is 12.1 Å². The van der Waals surface area contributed by atoms with Gasteiger partial charge in [-0.25, -0.2) is 8.42 Å². The van der Waals surface area contributed by atoms with Gasteiger partial charge in [-0.3, -0.25) is 4.79 Å². The number of carbonyl (C=O) groups is 1. The number of anilines is 1. The van der Waals surface area contributed by atoms with Crippen LogP contribution in [0.25, 0.3) is 11.3 Å². The van der Waals surface area contributed by atoms with Crippen molar-refractivity contribution >= 4 is 33.0 Å². The Morgan fingerprint density at radius 1 is 1.04 bits per heavy atom. The first kappa shape index (κ1) is 18.2. The summed E-state index contributed by atoms with van der Waals surface area (Å²) in [7, 11) is -3.27. The van der Waals surface area contributed by atoms with Crippen molar-refractivity contribution in [3.05, 3.63) is 71.4 Å². The molecule has 3 aromatic rings. The van der Waals surface area contributed by atoms with E-state index >= 15 is 0 Å². The smallest absolute Gasteiger partial charge is 0.291 e. The number of carbonyl (C=O) groups excluding carboxylic acids is 1. The van der Waals surface area contributed by atoms with Crippen LogP contribution in [0, 0.1) is 0 Å². The first-order valence-corrected chi connectivity index (χ1v) is 9.92. The highest BCUT2D eigenvalue weighted by atomic mass is 35.5. The van der Waals surface area contributed by atoms with Crippen LogP contribution in [-0.2, 0) is 9.84 Å². The maximum absolute atomic E-state index is 12.3. The molecule has 5 nitrogen and oxygen atoms in total. The SMILES string of the molecule is CCS(=O)(=O)c1ccc(NC(=O)c2ccc(-c3ccccc3Cl)o2)cc1. The molecule has 0 aliphatic rings. The summed E-state index contributed by atoms with van der Waals surface area (Å²) in [5, 5.41) is 3.20. The number of hydrogen-bond acceptors (Lipinski definition) is 4. The van der Waals surface area contributed by atoms with Crippen molar-refractivity contribution in [3.8, 4) is 11.3 Å². The van der Waals surface area contributed by atoms with Gasteiger partial charge in [0.15, 0.2) is 15.6 Å². The number of furan rings is 1. The Kier molecular flexibility index (Phi) is 5.15. The first-order valence-electron chi connectivity index (χ1n) is 7.89. The molecule has 0 fully saturated rings. The first-order chi connectivity index (χ1) is 12.4. The van der Waals surface area contributed by atoms with Crippen LogP contribution < -0.4 is 5.32 Å². The highest BCUT2D eigenvalue weighted by molar-refractivity contribution is 7.91. The normalized spacial score (nSPS) is 11.3. The highest BCUT2D eigenvalue weighted by Gasteiger charge is 2.15. The summed E-state index contributed by atoms with van der Waals surface area (Å²) in [6.07, 6.45) is 0. The molecule has 3 rings (SSSR count). The van der Waals surface area contributed by atoms with E-state index in [4.69, 9.17) is 16.0 Å². The molecule has 134 valence electrons. The van der Waals surface area contributed by atoms with Gasteiger partial charge in [-0.15, -0.1) is 0 Å². The average Bonchev–Trinajstić information content (AvgIpc) is 3.12. The third-order valence-corrected chi connectivity index (χ3v) is 5.90. The van der Waals surface area contributed by atoms with Gasteiger partial charge >= 0.3 is 0 Å². The molecule has 0 saturated heterocycles. The second-order valence-corrected chi connectivity index (χ2v) is 8.21. The number of hydrogen-bond donors (Lipinski definition) is 1. The summed E-state index contributed by atoms with van der Waals surface area (Å²) in [6.45, 7) is 1.58. The topological polar surface area (TPSA) is 76.4 Å². The van der Waals surface area contributed by atoms with Crippen molar-refractivity contribution in [2.75, 3.05) is 11.1 Å². The zero-order chi connectivity index (χ0) is 18.7. The van der Waals surface area contributed by atoms with Gasteiger partial charge in [0, 0.05) is 11.3 Å². The van der Waals surface area contributed by atoms with E-state index in [0.29, 0.717) is 22.0 Å². The predicted molar refractivity (Wildman–Crippen MR) is 101 cm³/mol. The second-order valence-electron chi connectivity index (χ2n) is 5.53. The third kappa shape index (κ3) is 3.81. The lowest BCUT2D eigenvalue weighted by Crippen LogP contribution is -2.11. The van der Waals surface area contributed by atoms with Crippen LogP contribution >= 0.6 is 11.6 Å². The lowest BCUT2D eigenvalue weighted by Gasteiger charge is -2.05. The van der Waals surface area contributed by atoms with Crippen LogP contribution in [0.15, 0.2) is 70.0 Å². The number of sulfone groups is 1. The molecular weight excluding hydrogens is 374 g/mol. The molecule has 0 unspecified atom stereocenters. The average molecular weight is 390 g/mol. The van der Waals surface area contributed by atoms with Crippen LogP contribution in [0.4, 0.5) is 5.69 Å². The quantitative estimate of drug-likeness (QED) is 0.689. The van der Waals surface area contributed by atoms with Crippen LogP contribution in [0.3, 0.4) is 0 Å². The van der Waals surface area contributed by atoms with Crippen LogP contribution in [0.2, 0.25) is 5.02 Å². The molecule has 1 heterocycles. The van der Waals surface area contributed by atoms with Gasteiger partial charge in [-0.1, -0.05) is 30.7 Å². The molecule has 26 heavy (non-hydrogen) atoms. The third-order valence-electron chi connectivity index (χ3n) is 3.82. The molecule has 0 atom stereocenters. The summed E-state index contributed by atoms with van der Waals surface area (Å²) >= 11 is 6.13. The molecule has 1 N–H and O–H groups in total. The Morgan fingerprint density at radius 3 is 2.38 bits per heavy atom. The molecule has 0 saturated carbocycles. The molecule has 2 aromatic carbocycles. The number of nitrogens with one attached hydrogen (secondary N) is 1. The molecule has 0 spiro atoms. The summed E-state index contributed by atoms with van der Waals surface area (Å²) in [4.78, 5) is 12.5. The van der Waals surface area contributed by atoms with E-state index in [9.17, 15) is 13.2 Å². The van der Waals surface area contributed by atoms with E-state index in [1.54, 1.807) is 43.3 Å². The fraction of sp³-hybridized carbons (Fsp3) is 0.105. The maximum atomic E-state index is 12.3. The predicted octanol–water partition coefficient (Wildman–Crippen LogP) is 4.65. The van der Waals surface area contributed by atoms with Gasteiger partial charge in [0.1, 0.15) is 5.76 Å². The molecule has 7 heteroatoms. The summed E-state index contributed by atoms with van der Waals surface area (Å²) < 4.78 is 29.2. The van der Waals surface area contributed by atoms with Crippen LogP contribution in [0.1, 0.15) is 17.5 Å². The van der Waals surface area contributed by atoms with Crippen molar-refractivity contribution in [1.82, 2.24) is 0 Å². The maximum Gasteiger partial charge on any atom is 0.291 e. The number of amides is 1. The minimum atomic E-state index is -3.27. The van der Waals surface area contributed by atoms with Crippen molar-refractivity contribution in [3.63, 3.8) is 0 Å². The van der Waals surface area contributed by atoms with Crippen LogP contribution in [-0.4, -0.2) is 20.1 Å². The van der Waals surface area contributed by atoms with Gasteiger partial charge in [-0.2, -0.15) is 0 Å². The van der Waals surface area contributed by atoms with Gasteiger partial charge in [0.25, 0.3) is 5.91 Å². The van der Waals surface area contributed by atoms with Crippen molar-refractivity contribution in [2.24, 2.45) is 0 Å². The summed E-state index contributed by atoms with van der Waals surface area (Å²) in [5.41, 5.74) is 1.17.